The first kappa shape index (κ1) is 14.4. The predicted octanol–water partition coefficient (Wildman–Crippen LogP) is 3.64. The van der Waals surface area contributed by atoms with E-state index in [1.54, 1.807) is 24.3 Å². The number of amides is 1. The summed E-state index contributed by atoms with van der Waals surface area (Å²) in [7, 11) is 0. The number of benzene rings is 1. The standard InChI is InChI=1S/C16H20N2O2/c1-2-13-8-10-16(12-17,11-9-13)18-15(19)20-14-6-4-3-5-7-14/h3-7,13H,2,8-11H2,1H3,(H,18,19). The molecule has 1 fully saturated rings. The van der Waals surface area contributed by atoms with Crippen LogP contribution in [0.1, 0.15) is 39.0 Å². The van der Waals surface area contributed by atoms with E-state index >= 15 is 0 Å². The second-order valence-corrected chi connectivity index (χ2v) is 5.37. The van der Waals surface area contributed by atoms with E-state index in [0.717, 1.165) is 19.3 Å². The topological polar surface area (TPSA) is 62.1 Å². The molecule has 106 valence electrons. The quantitative estimate of drug-likeness (QED) is 0.913. The zero-order chi connectivity index (χ0) is 14.4. The molecule has 1 amide bonds. The fourth-order valence-corrected chi connectivity index (χ4v) is 2.66. The molecule has 1 aliphatic rings. The van der Waals surface area contributed by atoms with Crippen molar-refractivity contribution in [3.8, 4) is 11.8 Å². The molecule has 20 heavy (non-hydrogen) atoms. The summed E-state index contributed by atoms with van der Waals surface area (Å²) in [4.78, 5) is 11.9. The lowest BCUT2D eigenvalue weighted by molar-refractivity contribution is 0.174. The van der Waals surface area contributed by atoms with Crippen LogP contribution in [0, 0.1) is 17.2 Å². The molecule has 0 bridgehead atoms. The van der Waals surface area contributed by atoms with E-state index in [9.17, 15) is 10.1 Å². The molecule has 0 unspecified atom stereocenters. The minimum atomic E-state index is -0.766. The molecule has 4 heteroatoms. The van der Waals surface area contributed by atoms with Crippen LogP contribution in [0.2, 0.25) is 0 Å². The highest BCUT2D eigenvalue weighted by Crippen LogP contribution is 2.33. The van der Waals surface area contributed by atoms with E-state index in [4.69, 9.17) is 4.74 Å². The van der Waals surface area contributed by atoms with Gasteiger partial charge in [0.25, 0.3) is 0 Å². The Hall–Kier alpha value is -2.02. The van der Waals surface area contributed by atoms with Crippen molar-refractivity contribution in [1.29, 1.82) is 5.26 Å². The van der Waals surface area contributed by atoms with Crippen molar-refractivity contribution in [1.82, 2.24) is 5.32 Å². The number of hydrogen-bond donors (Lipinski definition) is 1. The van der Waals surface area contributed by atoms with Gasteiger partial charge in [0.2, 0.25) is 0 Å². The highest BCUT2D eigenvalue weighted by Gasteiger charge is 2.36. The molecule has 0 radical (unpaired) electrons. The molecule has 0 atom stereocenters. The van der Waals surface area contributed by atoms with Crippen LogP contribution in [0.5, 0.6) is 5.75 Å². The van der Waals surface area contributed by atoms with Crippen molar-refractivity contribution in [2.75, 3.05) is 0 Å². The van der Waals surface area contributed by atoms with Crippen molar-refractivity contribution in [3.05, 3.63) is 30.3 Å². The zero-order valence-electron chi connectivity index (χ0n) is 11.8. The van der Waals surface area contributed by atoms with Gasteiger partial charge in [0.05, 0.1) is 6.07 Å². The first-order chi connectivity index (χ1) is 9.67. The van der Waals surface area contributed by atoms with Gasteiger partial charge in [0.15, 0.2) is 0 Å². The Morgan fingerprint density at radius 2 is 2.05 bits per heavy atom. The Morgan fingerprint density at radius 1 is 1.40 bits per heavy atom. The smallest absolute Gasteiger partial charge is 0.410 e. The maximum absolute atomic E-state index is 11.9. The number of hydrogen-bond acceptors (Lipinski definition) is 3. The summed E-state index contributed by atoms with van der Waals surface area (Å²) >= 11 is 0. The predicted molar refractivity (Wildman–Crippen MR) is 76.2 cm³/mol. The summed E-state index contributed by atoms with van der Waals surface area (Å²) < 4.78 is 5.20. The second-order valence-electron chi connectivity index (χ2n) is 5.37. The van der Waals surface area contributed by atoms with Gasteiger partial charge in [-0.1, -0.05) is 31.5 Å². The van der Waals surface area contributed by atoms with E-state index < -0.39 is 11.6 Å². The molecule has 1 aliphatic carbocycles. The largest absolute Gasteiger partial charge is 0.413 e. The third-order valence-corrected chi connectivity index (χ3v) is 4.05. The Kier molecular flexibility index (Phi) is 4.62. The summed E-state index contributed by atoms with van der Waals surface area (Å²) in [6.45, 7) is 2.17. The fourth-order valence-electron chi connectivity index (χ4n) is 2.66. The highest BCUT2D eigenvalue weighted by molar-refractivity contribution is 5.71. The van der Waals surface area contributed by atoms with Crippen LogP contribution in [0.4, 0.5) is 4.79 Å². The molecule has 1 aromatic carbocycles. The van der Waals surface area contributed by atoms with Crippen molar-refractivity contribution in [2.24, 2.45) is 5.92 Å². The molecule has 0 aliphatic heterocycles. The number of carbonyl (C=O) groups is 1. The third kappa shape index (κ3) is 3.51. The Labute approximate surface area is 119 Å². The van der Waals surface area contributed by atoms with E-state index in [0.29, 0.717) is 24.5 Å². The SMILES string of the molecule is CCC1CCC(C#N)(NC(=O)Oc2ccccc2)CC1. The maximum atomic E-state index is 11.9. The molecule has 2 rings (SSSR count). The number of nitrogens with one attached hydrogen (secondary N) is 1. The summed E-state index contributed by atoms with van der Waals surface area (Å²) in [5.41, 5.74) is -0.766. The van der Waals surface area contributed by atoms with Crippen LogP contribution >= 0.6 is 0 Å². The van der Waals surface area contributed by atoms with Gasteiger partial charge in [-0.3, -0.25) is 0 Å². The zero-order valence-corrected chi connectivity index (χ0v) is 11.8. The van der Waals surface area contributed by atoms with Crippen molar-refractivity contribution < 1.29 is 9.53 Å². The number of nitrogens with zero attached hydrogens (tertiary/aromatic N) is 1. The van der Waals surface area contributed by atoms with Crippen LogP contribution in [0.15, 0.2) is 30.3 Å². The Morgan fingerprint density at radius 3 is 2.60 bits per heavy atom. The van der Waals surface area contributed by atoms with Gasteiger partial charge in [0, 0.05) is 0 Å². The molecule has 0 heterocycles. The van der Waals surface area contributed by atoms with Gasteiger partial charge in [-0.2, -0.15) is 5.26 Å². The van der Waals surface area contributed by atoms with Gasteiger partial charge < -0.3 is 10.1 Å². The van der Waals surface area contributed by atoms with Gasteiger partial charge in [-0.15, -0.1) is 0 Å². The normalized spacial score (nSPS) is 25.5. The van der Waals surface area contributed by atoms with Gasteiger partial charge in [0.1, 0.15) is 11.3 Å². The fraction of sp³-hybridized carbons (Fsp3) is 0.500. The maximum Gasteiger partial charge on any atom is 0.413 e. The Bertz CT molecular complexity index is 485. The van der Waals surface area contributed by atoms with Crippen molar-refractivity contribution in [2.45, 2.75) is 44.6 Å². The number of carbonyl (C=O) groups excluding carboxylic acids is 1. The summed E-state index contributed by atoms with van der Waals surface area (Å²) in [5, 5.41) is 12.1. The van der Waals surface area contributed by atoms with E-state index in [-0.39, 0.29) is 0 Å². The molecule has 1 saturated carbocycles. The van der Waals surface area contributed by atoms with Crippen LogP contribution in [-0.4, -0.2) is 11.6 Å². The van der Waals surface area contributed by atoms with Gasteiger partial charge in [-0.25, -0.2) is 4.79 Å². The molecule has 0 saturated heterocycles. The molecular formula is C16H20N2O2. The average Bonchev–Trinajstić information content (AvgIpc) is 2.49. The van der Waals surface area contributed by atoms with Gasteiger partial charge >= 0.3 is 6.09 Å². The van der Waals surface area contributed by atoms with Crippen LogP contribution in [-0.2, 0) is 0 Å². The lowest BCUT2D eigenvalue weighted by Crippen LogP contribution is -2.50. The number of para-hydroxylation sites is 1. The minimum Gasteiger partial charge on any atom is -0.410 e. The van der Waals surface area contributed by atoms with Crippen LogP contribution in [0.25, 0.3) is 0 Å². The molecule has 0 spiro atoms. The average molecular weight is 272 g/mol. The lowest BCUT2D eigenvalue weighted by atomic mass is 9.76. The second kappa shape index (κ2) is 6.42. The van der Waals surface area contributed by atoms with Crippen molar-refractivity contribution >= 4 is 6.09 Å². The van der Waals surface area contributed by atoms with E-state index in [1.807, 2.05) is 6.07 Å². The summed E-state index contributed by atoms with van der Waals surface area (Å²) in [6.07, 6.45) is 3.95. The minimum absolute atomic E-state index is 0.486. The van der Waals surface area contributed by atoms with Crippen LogP contribution < -0.4 is 10.1 Å². The number of rotatable bonds is 3. The first-order valence-electron chi connectivity index (χ1n) is 7.14. The van der Waals surface area contributed by atoms with Crippen molar-refractivity contribution in [3.63, 3.8) is 0 Å². The first-order valence-corrected chi connectivity index (χ1v) is 7.14. The van der Waals surface area contributed by atoms with E-state index in [2.05, 4.69) is 18.3 Å². The molecule has 4 nitrogen and oxygen atoms in total. The van der Waals surface area contributed by atoms with Gasteiger partial charge in [-0.05, 0) is 43.7 Å². The Balaban J connectivity index is 1.94. The van der Waals surface area contributed by atoms with Crippen LogP contribution in [0.3, 0.4) is 0 Å². The number of ether oxygens (including phenoxy) is 1. The van der Waals surface area contributed by atoms with E-state index in [1.165, 1.54) is 0 Å². The monoisotopic (exact) mass is 272 g/mol. The molecular weight excluding hydrogens is 252 g/mol. The molecule has 1 N–H and O–H groups in total. The molecule has 1 aromatic rings. The highest BCUT2D eigenvalue weighted by atomic mass is 16.6. The summed E-state index contributed by atoms with van der Waals surface area (Å²) in [6, 6.07) is 11.2. The number of nitriles is 1. The summed E-state index contributed by atoms with van der Waals surface area (Å²) in [5.74, 6) is 1.16. The lowest BCUT2D eigenvalue weighted by Gasteiger charge is -2.34. The molecule has 0 aromatic heterocycles. The third-order valence-electron chi connectivity index (χ3n) is 4.05.